The highest BCUT2D eigenvalue weighted by Gasteiger charge is 2.39. The number of hydrogen-bond acceptors (Lipinski definition) is 4. The summed E-state index contributed by atoms with van der Waals surface area (Å²) in [5, 5.41) is 0. The van der Waals surface area contributed by atoms with Crippen LogP contribution in [0, 0.1) is 11.6 Å². The van der Waals surface area contributed by atoms with Crippen molar-refractivity contribution in [2.24, 2.45) is 0 Å². The molecule has 1 atom stereocenters. The fourth-order valence-electron chi connectivity index (χ4n) is 2.67. The van der Waals surface area contributed by atoms with E-state index in [0.717, 1.165) is 12.1 Å². The summed E-state index contributed by atoms with van der Waals surface area (Å²) in [6.07, 6.45) is -0.427. The van der Waals surface area contributed by atoms with Crippen LogP contribution in [-0.4, -0.2) is 51.2 Å². The number of ether oxygens (including phenoxy) is 2. The van der Waals surface area contributed by atoms with Crippen LogP contribution in [-0.2, 0) is 25.2 Å². The van der Waals surface area contributed by atoms with Crippen LogP contribution in [0.25, 0.3) is 0 Å². The molecular formula is C15H21F2NO4S. The summed E-state index contributed by atoms with van der Waals surface area (Å²) in [6.45, 7) is 3.98. The predicted octanol–water partition coefficient (Wildman–Crippen LogP) is 1.92. The highest BCUT2D eigenvalue weighted by Crippen LogP contribution is 2.26. The molecule has 0 unspecified atom stereocenters. The third kappa shape index (κ3) is 4.47. The molecule has 1 aromatic carbocycles. The Morgan fingerprint density at radius 1 is 1.35 bits per heavy atom. The van der Waals surface area contributed by atoms with Gasteiger partial charge in [0.2, 0.25) is 10.0 Å². The van der Waals surface area contributed by atoms with E-state index in [1.54, 1.807) is 13.8 Å². The molecular weight excluding hydrogens is 328 g/mol. The van der Waals surface area contributed by atoms with Gasteiger partial charge in [0.15, 0.2) is 0 Å². The molecule has 8 heteroatoms. The van der Waals surface area contributed by atoms with Crippen molar-refractivity contribution in [3.63, 3.8) is 0 Å². The van der Waals surface area contributed by atoms with Crippen molar-refractivity contribution in [2.75, 3.05) is 26.8 Å². The van der Waals surface area contributed by atoms with Gasteiger partial charge in [0.1, 0.15) is 11.6 Å². The van der Waals surface area contributed by atoms with Crippen LogP contribution < -0.4 is 0 Å². The summed E-state index contributed by atoms with van der Waals surface area (Å²) < 4.78 is 64.6. The molecule has 0 bridgehead atoms. The van der Waals surface area contributed by atoms with Crippen molar-refractivity contribution in [2.45, 2.75) is 31.3 Å². The van der Waals surface area contributed by atoms with E-state index in [9.17, 15) is 17.2 Å². The van der Waals surface area contributed by atoms with Crippen LogP contribution in [0.1, 0.15) is 19.4 Å². The zero-order valence-electron chi connectivity index (χ0n) is 13.4. The molecule has 0 radical (unpaired) electrons. The first kappa shape index (κ1) is 18.3. The molecule has 1 fully saturated rings. The Labute approximate surface area is 135 Å². The largest absolute Gasteiger partial charge is 0.382 e. The highest BCUT2D eigenvalue weighted by atomic mass is 32.2. The van der Waals surface area contributed by atoms with E-state index in [0.29, 0.717) is 0 Å². The zero-order valence-corrected chi connectivity index (χ0v) is 14.2. The fraction of sp³-hybridized carbons (Fsp3) is 0.600. The lowest BCUT2D eigenvalue weighted by Gasteiger charge is -2.41. The van der Waals surface area contributed by atoms with Gasteiger partial charge in [0.05, 0.1) is 24.1 Å². The number of hydrogen-bond donors (Lipinski definition) is 0. The maximum atomic E-state index is 13.7. The zero-order chi connectivity index (χ0) is 17.3. The molecule has 0 aliphatic carbocycles. The normalized spacial score (nSPS) is 22.2. The molecule has 2 rings (SSSR count). The summed E-state index contributed by atoms with van der Waals surface area (Å²) in [6, 6.07) is 3.29. The Hall–Kier alpha value is -1.09. The summed E-state index contributed by atoms with van der Waals surface area (Å²) >= 11 is 0. The first-order chi connectivity index (χ1) is 10.6. The number of rotatable bonds is 5. The van der Waals surface area contributed by atoms with E-state index in [2.05, 4.69) is 0 Å². The molecule has 0 N–H and O–H groups in total. The SMILES string of the molecule is COC[C@@H]1CN(S(=O)(=O)Cc2c(F)cccc2F)CC(C)(C)O1. The third-order valence-electron chi connectivity index (χ3n) is 3.58. The molecule has 5 nitrogen and oxygen atoms in total. The smallest absolute Gasteiger partial charge is 0.218 e. The first-order valence-corrected chi connectivity index (χ1v) is 8.83. The van der Waals surface area contributed by atoms with Crippen LogP contribution in [0.2, 0.25) is 0 Å². The van der Waals surface area contributed by atoms with Crippen molar-refractivity contribution in [1.82, 2.24) is 4.31 Å². The van der Waals surface area contributed by atoms with Gasteiger partial charge in [0, 0.05) is 25.8 Å². The molecule has 23 heavy (non-hydrogen) atoms. The van der Waals surface area contributed by atoms with Gasteiger partial charge in [-0.15, -0.1) is 0 Å². The highest BCUT2D eigenvalue weighted by molar-refractivity contribution is 7.88. The lowest BCUT2D eigenvalue weighted by atomic mass is 10.1. The minimum atomic E-state index is -3.89. The third-order valence-corrected chi connectivity index (χ3v) is 5.30. The maximum absolute atomic E-state index is 13.7. The van der Waals surface area contributed by atoms with Gasteiger partial charge in [-0.2, -0.15) is 4.31 Å². The molecule has 1 saturated heterocycles. The number of morpholine rings is 1. The minimum absolute atomic E-state index is 0.0929. The number of benzene rings is 1. The lowest BCUT2D eigenvalue weighted by molar-refractivity contribution is -0.135. The maximum Gasteiger partial charge on any atom is 0.218 e. The first-order valence-electron chi connectivity index (χ1n) is 7.22. The van der Waals surface area contributed by atoms with Crippen molar-refractivity contribution >= 4 is 10.0 Å². The van der Waals surface area contributed by atoms with Crippen LogP contribution in [0.4, 0.5) is 8.78 Å². The Morgan fingerprint density at radius 3 is 2.52 bits per heavy atom. The van der Waals surface area contributed by atoms with Crippen molar-refractivity contribution in [3.8, 4) is 0 Å². The number of halogens is 2. The Kier molecular flexibility index (Phi) is 5.40. The monoisotopic (exact) mass is 349 g/mol. The summed E-state index contributed by atoms with van der Waals surface area (Å²) in [7, 11) is -2.39. The van der Waals surface area contributed by atoms with Crippen LogP contribution in [0.5, 0.6) is 0 Å². The molecule has 0 amide bonds. The molecule has 0 aromatic heterocycles. The fourth-order valence-corrected chi connectivity index (χ4v) is 4.39. The van der Waals surface area contributed by atoms with Gasteiger partial charge in [-0.25, -0.2) is 17.2 Å². The lowest BCUT2D eigenvalue weighted by Crippen LogP contribution is -2.55. The molecule has 130 valence electrons. The number of methoxy groups -OCH3 is 1. The van der Waals surface area contributed by atoms with Crippen molar-refractivity contribution in [1.29, 1.82) is 0 Å². The molecule has 1 aliphatic rings. The standard InChI is InChI=1S/C15H21F2NO4S/c1-15(2)10-18(7-11(22-15)8-21-3)23(19,20)9-12-13(16)5-4-6-14(12)17/h4-6,11H,7-10H2,1-3H3/t11-/m0/s1. The summed E-state index contributed by atoms with van der Waals surface area (Å²) in [4.78, 5) is 0. The summed E-state index contributed by atoms with van der Waals surface area (Å²) in [5.41, 5.74) is -1.15. The van der Waals surface area contributed by atoms with E-state index >= 15 is 0 Å². The van der Waals surface area contributed by atoms with Crippen LogP contribution >= 0.6 is 0 Å². The Morgan fingerprint density at radius 2 is 1.96 bits per heavy atom. The molecule has 1 aliphatic heterocycles. The second-order valence-electron chi connectivity index (χ2n) is 6.20. The van der Waals surface area contributed by atoms with Crippen LogP contribution in [0.15, 0.2) is 18.2 Å². The average molecular weight is 349 g/mol. The van der Waals surface area contributed by atoms with Gasteiger partial charge < -0.3 is 9.47 Å². The quantitative estimate of drug-likeness (QED) is 0.815. The summed E-state index contributed by atoms with van der Waals surface area (Å²) in [5.74, 6) is -2.45. The Balaban J connectivity index is 2.24. The van der Waals surface area contributed by atoms with Gasteiger partial charge in [-0.1, -0.05) is 6.07 Å². The van der Waals surface area contributed by atoms with E-state index in [-0.39, 0.29) is 19.7 Å². The van der Waals surface area contributed by atoms with Gasteiger partial charge >= 0.3 is 0 Å². The van der Waals surface area contributed by atoms with Crippen LogP contribution in [0.3, 0.4) is 0 Å². The Bertz CT molecular complexity index is 643. The van der Waals surface area contributed by atoms with Crippen molar-refractivity contribution in [3.05, 3.63) is 35.4 Å². The topological polar surface area (TPSA) is 55.8 Å². The van der Waals surface area contributed by atoms with E-state index in [1.807, 2.05) is 0 Å². The second-order valence-corrected chi connectivity index (χ2v) is 8.17. The molecule has 1 aromatic rings. The average Bonchev–Trinajstić information content (AvgIpc) is 2.42. The van der Waals surface area contributed by atoms with E-state index in [1.165, 1.54) is 17.5 Å². The van der Waals surface area contributed by atoms with E-state index < -0.39 is 44.7 Å². The second kappa shape index (κ2) is 6.80. The molecule has 0 saturated carbocycles. The van der Waals surface area contributed by atoms with Gasteiger partial charge in [-0.05, 0) is 26.0 Å². The van der Waals surface area contributed by atoms with Crippen molar-refractivity contribution < 1.29 is 26.7 Å². The minimum Gasteiger partial charge on any atom is -0.382 e. The number of sulfonamides is 1. The molecule has 1 heterocycles. The molecule has 0 spiro atoms. The van der Waals surface area contributed by atoms with Gasteiger partial charge in [0.25, 0.3) is 0 Å². The van der Waals surface area contributed by atoms with E-state index in [4.69, 9.17) is 9.47 Å². The predicted molar refractivity (Wildman–Crippen MR) is 81.4 cm³/mol. The van der Waals surface area contributed by atoms with Gasteiger partial charge in [-0.3, -0.25) is 0 Å². The number of nitrogens with zero attached hydrogens (tertiary/aromatic N) is 1.